The zero-order valence-corrected chi connectivity index (χ0v) is 16.4. The summed E-state index contributed by atoms with van der Waals surface area (Å²) < 4.78 is 78.4. The van der Waals surface area contributed by atoms with Gasteiger partial charge in [-0.1, -0.05) is 19.1 Å². The Morgan fingerprint density at radius 3 is 2.31 bits per heavy atom. The standard InChI is InChI=1S/C18H21F4N3O3S/c1-2-9-29(27,28)10-14(16(26)25-17(11-23)7-8-17)24-15(18(20,21)22)12-3-5-13(19)6-4-12/h3-6,14-15,24H,2,7-10H2,1H3,(H,25,26)/t14-,15-/m0/s1. The number of hydrogen-bond donors (Lipinski definition) is 2. The smallest absolute Gasteiger partial charge is 0.336 e. The number of carbonyl (C=O) groups is 1. The summed E-state index contributed by atoms with van der Waals surface area (Å²) in [7, 11) is -3.83. The van der Waals surface area contributed by atoms with E-state index in [1.54, 1.807) is 6.92 Å². The monoisotopic (exact) mass is 435 g/mol. The van der Waals surface area contributed by atoms with Crippen LogP contribution in [0.4, 0.5) is 17.6 Å². The molecule has 0 aliphatic heterocycles. The number of nitrogens with one attached hydrogen (secondary N) is 2. The number of hydrogen-bond acceptors (Lipinski definition) is 5. The van der Waals surface area contributed by atoms with Crippen LogP contribution in [-0.2, 0) is 14.6 Å². The Bertz CT molecular complexity index is 875. The van der Waals surface area contributed by atoms with Crippen LogP contribution in [0.2, 0.25) is 0 Å². The molecule has 11 heteroatoms. The third kappa shape index (κ3) is 6.40. The van der Waals surface area contributed by atoms with Crippen molar-refractivity contribution in [1.82, 2.24) is 10.6 Å². The number of amides is 1. The lowest BCUT2D eigenvalue weighted by Gasteiger charge is -2.28. The third-order valence-corrected chi connectivity index (χ3v) is 6.35. The average molecular weight is 435 g/mol. The van der Waals surface area contributed by atoms with E-state index in [1.165, 1.54) is 0 Å². The molecule has 160 valence electrons. The Morgan fingerprint density at radius 1 is 1.28 bits per heavy atom. The largest absolute Gasteiger partial charge is 0.407 e. The van der Waals surface area contributed by atoms with Crippen LogP contribution in [0.15, 0.2) is 24.3 Å². The predicted molar refractivity (Wildman–Crippen MR) is 96.8 cm³/mol. The van der Waals surface area contributed by atoms with Gasteiger partial charge in [-0.2, -0.15) is 18.4 Å². The summed E-state index contributed by atoms with van der Waals surface area (Å²) in [5.41, 5.74) is -1.54. The summed E-state index contributed by atoms with van der Waals surface area (Å²) in [5.74, 6) is -2.89. The number of carbonyl (C=O) groups excluding carboxylic acids is 1. The van der Waals surface area contributed by atoms with Gasteiger partial charge in [0.05, 0.1) is 11.8 Å². The van der Waals surface area contributed by atoms with Gasteiger partial charge in [-0.15, -0.1) is 0 Å². The van der Waals surface area contributed by atoms with Crippen molar-refractivity contribution in [2.45, 2.75) is 50.0 Å². The Labute approximate surface area is 166 Å². The quantitative estimate of drug-likeness (QED) is 0.581. The summed E-state index contributed by atoms with van der Waals surface area (Å²) >= 11 is 0. The number of rotatable bonds is 9. The lowest BCUT2D eigenvalue weighted by molar-refractivity contribution is -0.160. The summed E-state index contributed by atoms with van der Waals surface area (Å²) in [5, 5.41) is 13.5. The molecule has 29 heavy (non-hydrogen) atoms. The van der Waals surface area contributed by atoms with E-state index >= 15 is 0 Å². The van der Waals surface area contributed by atoms with E-state index in [-0.39, 0.29) is 17.7 Å². The number of alkyl halides is 3. The third-order valence-electron chi connectivity index (χ3n) is 4.48. The number of nitrogens with zero attached hydrogens (tertiary/aromatic N) is 1. The van der Waals surface area contributed by atoms with Crippen molar-refractivity contribution >= 4 is 15.7 Å². The Kier molecular flexibility index (Phi) is 6.90. The Balaban J connectivity index is 2.33. The van der Waals surface area contributed by atoms with E-state index in [0.29, 0.717) is 12.8 Å². The summed E-state index contributed by atoms with van der Waals surface area (Å²) in [6.07, 6.45) is -3.97. The van der Waals surface area contributed by atoms with Gasteiger partial charge < -0.3 is 5.32 Å². The van der Waals surface area contributed by atoms with Crippen molar-refractivity contribution in [2.24, 2.45) is 0 Å². The van der Waals surface area contributed by atoms with E-state index in [9.17, 15) is 30.8 Å². The van der Waals surface area contributed by atoms with Crippen molar-refractivity contribution in [3.05, 3.63) is 35.6 Å². The van der Waals surface area contributed by atoms with Crippen LogP contribution in [0.25, 0.3) is 0 Å². The summed E-state index contributed by atoms with van der Waals surface area (Å²) in [6, 6.07) is 1.24. The number of nitriles is 1. The topological polar surface area (TPSA) is 99.1 Å². The molecule has 0 saturated heterocycles. The molecule has 0 heterocycles. The van der Waals surface area contributed by atoms with E-state index in [2.05, 4.69) is 10.6 Å². The summed E-state index contributed by atoms with van der Waals surface area (Å²) in [4.78, 5) is 12.6. The van der Waals surface area contributed by atoms with E-state index in [0.717, 1.165) is 24.3 Å². The van der Waals surface area contributed by atoms with Crippen molar-refractivity contribution in [3.63, 3.8) is 0 Å². The summed E-state index contributed by atoms with van der Waals surface area (Å²) in [6.45, 7) is 1.59. The van der Waals surface area contributed by atoms with E-state index in [1.807, 2.05) is 6.07 Å². The molecular weight excluding hydrogens is 414 g/mol. The molecule has 0 bridgehead atoms. The molecule has 1 amide bonds. The normalized spacial score (nSPS) is 17.8. The van der Waals surface area contributed by atoms with Gasteiger partial charge in [0.25, 0.3) is 0 Å². The zero-order valence-electron chi connectivity index (χ0n) is 15.6. The fourth-order valence-corrected chi connectivity index (χ4v) is 4.34. The molecule has 2 atom stereocenters. The molecule has 1 aromatic rings. The second kappa shape index (κ2) is 8.67. The molecule has 1 aliphatic rings. The minimum Gasteiger partial charge on any atom is -0.336 e. The van der Waals surface area contributed by atoms with E-state index in [4.69, 9.17) is 5.26 Å². The second-order valence-corrected chi connectivity index (χ2v) is 9.27. The van der Waals surface area contributed by atoms with Crippen LogP contribution in [-0.4, -0.2) is 43.6 Å². The molecule has 2 N–H and O–H groups in total. The van der Waals surface area contributed by atoms with Crippen LogP contribution in [0.5, 0.6) is 0 Å². The molecule has 1 fully saturated rings. The molecule has 1 saturated carbocycles. The van der Waals surface area contributed by atoms with Crippen molar-refractivity contribution in [3.8, 4) is 6.07 Å². The first kappa shape index (κ1) is 23.1. The van der Waals surface area contributed by atoms with Crippen LogP contribution < -0.4 is 10.6 Å². The van der Waals surface area contributed by atoms with Gasteiger partial charge in [-0.05, 0) is 37.0 Å². The van der Waals surface area contributed by atoms with Gasteiger partial charge >= 0.3 is 6.18 Å². The van der Waals surface area contributed by atoms with Crippen molar-refractivity contribution in [2.75, 3.05) is 11.5 Å². The predicted octanol–water partition coefficient (Wildman–Crippen LogP) is 2.38. The lowest BCUT2D eigenvalue weighted by atomic mass is 10.0. The number of halogens is 4. The first-order chi connectivity index (χ1) is 13.4. The molecule has 0 unspecified atom stereocenters. The fraction of sp³-hybridized carbons (Fsp3) is 0.556. The van der Waals surface area contributed by atoms with Gasteiger partial charge in [0.2, 0.25) is 5.91 Å². The maximum atomic E-state index is 13.6. The Morgan fingerprint density at radius 2 is 1.86 bits per heavy atom. The van der Waals surface area contributed by atoms with Gasteiger partial charge in [-0.25, -0.2) is 12.8 Å². The molecule has 0 radical (unpaired) electrons. The van der Waals surface area contributed by atoms with Crippen LogP contribution in [0.3, 0.4) is 0 Å². The van der Waals surface area contributed by atoms with Crippen LogP contribution in [0.1, 0.15) is 37.8 Å². The second-order valence-electron chi connectivity index (χ2n) is 7.04. The maximum absolute atomic E-state index is 13.6. The number of sulfone groups is 1. The molecular formula is C18H21F4N3O3S. The van der Waals surface area contributed by atoms with E-state index < -0.39 is 51.1 Å². The SMILES string of the molecule is CCCS(=O)(=O)C[C@H](N[C@@H](c1ccc(F)cc1)C(F)(F)F)C(=O)NC1(C#N)CC1. The van der Waals surface area contributed by atoms with Gasteiger partial charge in [0.1, 0.15) is 23.4 Å². The van der Waals surface area contributed by atoms with Crippen LogP contribution in [0, 0.1) is 17.1 Å². The average Bonchev–Trinajstić information content (AvgIpc) is 3.38. The van der Waals surface area contributed by atoms with Crippen LogP contribution >= 0.6 is 0 Å². The molecule has 2 rings (SSSR count). The highest BCUT2D eigenvalue weighted by molar-refractivity contribution is 7.91. The minimum absolute atomic E-state index is 0.236. The molecule has 1 aliphatic carbocycles. The number of benzene rings is 1. The molecule has 0 spiro atoms. The highest BCUT2D eigenvalue weighted by Gasteiger charge is 2.48. The highest BCUT2D eigenvalue weighted by Crippen LogP contribution is 2.35. The minimum atomic E-state index is -4.88. The highest BCUT2D eigenvalue weighted by atomic mass is 32.2. The first-order valence-electron chi connectivity index (χ1n) is 8.93. The fourth-order valence-electron chi connectivity index (χ4n) is 2.80. The Hall–Kier alpha value is -2.19. The molecule has 1 aromatic carbocycles. The van der Waals surface area contributed by atoms with Gasteiger partial charge in [0.15, 0.2) is 9.84 Å². The molecule has 0 aromatic heterocycles. The lowest BCUT2D eigenvalue weighted by Crippen LogP contribution is -2.54. The maximum Gasteiger partial charge on any atom is 0.407 e. The molecule has 6 nitrogen and oxygen atoms in total. The first-order valence-corrected chi connectivity index (χ1v) is 10.8. The van der Waals surface area contributed by atoms with Gasteiger partial charge in [0, 0.05) is 5.75 Å². The van der Waals surface area contributed by atoms with Crippen molar-refractivity contribution < 1.29 is 30.8 Å². The zero-order chi connectivity index (χ0) is 21.9. The van der Waals surface area contributed by atoms with Crippen molar-refractivity contribution in [1.29, 1.82) is 5.26 Å². The van der Waals surface area contributed by atoms with Gasteiger partial charge in [-0.3, -0.25) is 10.1 Å².